The first-order valence-corrected chi connectivity index (χ1v) is 8.85. The molecular formula is C13H18BrClO3S. The summed E-state index contributed by atoms with van der Waals surface area (Å²) in [6.45, 7) is 5.19. The molecule has 0 radical (unpaired) electrons. The fraction of sp³-hybridized carbons (Fsp3) is 0.538. The van der Waals surface area contributed by atoms with Gasteiger partial charge in [0.2, 0.25) is 0 Å². The standard InChI is InChI=1S/C13H18BrClO3S/c1-13(2,3)19(16,17)7-6-18-12-5-4-11(14)8-10(12)9-15/h4-5,8H,6-7,9H2,1-3H3. The molecule has 0 saturated carbocycles. The Hall–Kier alpha value is -0.260. The molecule has 6 heteroatoms. The van der Waals surface area contributed by atoms with E-state index in [1.807, 2.05) is 12.1 Å². The molecule has 1 rings (SSSR count). The number of alkyl halides is 1. The molecule has 0 unspecified atom stereocenters. The third kappa shape index (κ3) is 4.65. The van der Waals surface area contributed by atoms with Gasteiger partial charge in [0.25, 0.3) is 0 Å². The Morgan fingerprint density at radius 3 is 2.47 bits per heavy atom. The summed E-state index contributed by atoms with van der Waals surface area (Å²) in [7, 11) is -3.16. The summed E-state index contributed by atoms with van der Waals surface area (Å²) in [6, 6.07) is 5.48. The molecule has 1 aromatic rings. The summed E-state index contributed by atoms with van der Waals surface area (Å²) >= 11 is 9.18. The Labute approximate surface area is 128 Å². The van der Waals surface area contributed by atoms with Gasteiger partial charge >= 0.3 is 0 Å². The molecule has 0 N–H and O–H groups in total. The summed E-state index contributed by atoms with van der Waals surface area (Å²) in [5, 5.41) is 0. The third-order valence-corrected chi connectivity index (χ3v) is 6.06. The van der Waals surface area contributed by atoms with E-state index >= 15 is 0 Å². The van der Waals surface area contributed by atoms with Gasteiger partial charge in [-0.2, -0.15) is 0 Å². The summed E-state index contributed by atoms with van der Waals surface area (Å²) in [4.78, 5) is 0. The molecule has 0 aliphatic rings. The third-order valence-electron chi connectivity index (χ3n) is 2.71. The average molecular weight is 370 g/mol. The van der Waals surface area contributed by atoms with Gasteiger partial charge in [-0.15, -0.1) is 11.6 Å². The number of ether oxygens (including phenoxy) is 1. The van der Waals surface area contributed by atoms with Crippen LogP contribution in [0.25, 0.3) is 0 Å². The van der Waals surface area contributed by atoms with Gasteiger partial charge in [0.05, 0.1) is 16.4 Å². The van der Waals surface area contributed by atoms with Crippen LogP contribution >= 0.6 is 27.5 Å². The van der Waals surface area contributed by atoms with Crippen LogP contribution in [0.1, 0.15) is 26.3 Å². The first-order chi connectivity index (χ1) is 8.67. The normalized spacial score (nSPS) is 12.5. The molecule has 0 amide bonds. The van der Waals surface area contributed by atoms with Crippen LogP contribution in [-0.4, -0.2) is 25.5 Å². The average Bonchev–Trinajstić information content (AvgIpc) is 2.29. The number of hydrogen-bond acceptors (Lipinski definition) is 3. The van der Waals surface area contributed by atoms with Crippen LogP contribution in [0.2, 0.25) is 0 Å². The molecular weight excluding hydrogens is 352 g/mol. The van der Waals surface area contributed by atoms with Crippen LogP contribution in [0, 0.1) is 0 Å². The van der Waals surface area contributed by atoms with E-state index in [-0.39, 0.29) is 12.4 Å². The number of rotatable bonds is 5. The molecule has 0 fully saturated rings. The molecule has 0 spiro atoms. The Kier molecular flexibility index (Phi) is 5.71. The Morgan fingerprint density at radius 2 is 1.95 bits per heavy atom. The second-order valence-corrected chi connectivity index (χ2v) is 9.21. The first-order valence-electron chi connectivity index (χ1n) is 5.87. The minimum absolute atomic E-state index is 0.00567. The van der Waals surface area contributed by atoms with E-state index in [4.69, 9.17) is 16.3 Å². The van der Waals surface area contributed by atoms with E-state index in [9.17, 15) is 8.42 Å². The quantitative estimate of drug-likeness (QED) is 0.742. The van der Waals surface area contributed by atoms with Crippen LogP contribution in [0.5, 0.6) is 5.75 Å². The van der Waals surface area contributed by atoms with Gasteiger partial charge in [-0.25, -0.2) is 8.42 Å². The molecule has 0 aliphatic heterocycles. The SMILES string of the molecule is CC(C)(C)S(=O)(=O)CCOc1ccc(Br)cc1CCl. The van der Waals surface area contributed by atoms with Crippen molar-refractivity contribution in [1.29, 1.82) is 0 Å². The molecule has 108 valence electrons. The van der Waals surface area contributed by atoms with E-state index in [1.165, 1.54) is 0 Å². The largest absolute Gasteiger partial charge is 0.492 e. The van der Waals surface area contributed by atoms with Crippen molar-refractivity contribution < 1.29 is 13.2 Å². The van der Waals surface area contributed by atoms with Crippen LogP contribution in [0.4, 0.5) is 0 Å². The summed E-state index contributed by atoms with van der Waals surface area (Å²) in [5.41, 5.74) is 0.837. The lowest BCUT2D eigenvalue weighted by atomic mass is 10.2. The smallest absolute Gasteiger partial charge is 0.158 e. The van der Waals surface area contributed by atoms with Crippen molar-refractivity contribution in [1.82, 2.24) is 0 Å². The highest BCUT2D eigenvalue weighted by molar-refractivity contribution is 9.10. The molecule has 0 atom stereocenters. The monoisotopic (exact) mass is 368 g/mol. The second-order valence-electron chi connectivity index (χ2n) is 5.17. The lowest BCUT2D eigenvalue weighted by Crippen LogP contribution is -2.32. The van der Waals surface area contributed by atoms with E-state index < -0.39 is 14.6 Å². The minimum Gasteiger partial charge on any atom is -0.492 e. The predicted octanol–water partition coefficient (Wildman–Crippen LogP) is 3.78. The Morgan fingerprint density at radius 1 is 1.32 bits per heavy atom. The second kappa shape index (κ2) is 6.46. The van der Waals surface area contributed by atoms with E-state index in [1.54, 1.807) is 26.8 Å². The number of benzene rings is 1. The highest BCUT2D eigenvalue weighted by Crippen LogP contribution is 2.25. The molecule has 0 aromatic heterocycles. The van der Waals surface area contributed by atoms with Crippen LogP contribution in [0.3, 0.4) is 0 Å². The maximum Gasteiger partial charge on any atom is 0.158 e. The molecule has 0 saturated heterocycles. The van der Waals surface area contributed by atoms with Crippen LogP contribution in [-0.2, 0) is 15.7 Å². The predicted molar refractivity (Wildman–Crippen MR) is 82.7 cm³/mol. The van der Waals surface area contributed by atoms with Crippen LogP contribution in [0.15, 0.2) is 22.7 Å². The molecule has 0 heterocycles. The van der Waals surface area contributed by atoms with Crippen molar-refractivity contribution in [3.63, 3.8) is 0 Å². The van der Waals surface area contributed by atoms with Crippen molar-refractivity contribution in [3.8, 4) is 5.75 Å². The van der Waals surface area contributed by atoms with Crippen molar-refractivity contribution in [3.05, 3.63) is 28.2 Å². The van der Waals surface area contributed by atoms with Gasteiger partial charge < -0.3 is 4.74 Å². The molecule has 1 aromatic carbocycles. The van der Waals surface area contributed by atoms with Gasteiger partial charge in [-0.05, 0) is 39.0 Å². The first kappa shape index (κ1) is 16.8. The van der Waals surface area contributed by atoms with Gasteiger partial charge in [0.1, 0.15) is 12.4 Å². The van der Waals surface area contributed by atoms with E-state index in [0.717, 1.165) is 10.0 Å². The zero-order chi connectivity index (χ0) is 14.7. The fourth-order valence-corrected chi connectivity index (χ4v) is 2.89. The zero-order valence-corrected chi connectivity index (χ0v) is 14.4. The summed E-state index contributed by atoms with van der Waals surface area (Å²) in [5.74, 6) is 0.942. The Bertz CT molecular complexity index is 535. The van der Waals surface area contributed by atoms with Crippen molar-refractivity contribution >= 4 is 37.4 Å². The maximum atomic E-state index is 11.9. The van der Waals surface area contributed by atoms with Crippen LogP contribution < -0.4 is 4.74 Å². The zero-order valence-electron chi connectivity index (χ0n) is 11.2. The van der Waals surface area contributed by atoms with Crippen molar-refractivity contribution in [2.75, 3.05) is 12.4 Å². The molecule has 19 heavy (non-hydrogen) atoms. The lowest BCUT2D eigenvalue weighted by molar-refractivity contribution is 0.337. The van der Waals surface area contributed by atoms with Crippen molar-refractivity contribution in [2.24, 2.45) is 0 Å². The highest BCUT2D eigenvalue weighted by atomic mass is 79.9. The fourth-order valence-electron chi connectivity index (χ4n) is 1.36. The van der Waals surface area contributed by atoms with Crippen molar-refractivity contribution in [2.45, 2.75) is 31.4 Å². The van der Waals surface area contributed by atoms with Gasteiger partial charge in [-0.3, -0.25) is 0 Å². The van der Waals surface area contributed by atoms with E-state index in [0.29, 0.717) is 11.6 Å². The molecule has 0 aliphatic carbocycles. The highest BCUT2D eigenvalue weighted by Gasteiger charge is 2.28. The van der Waals surface area contributed by atoms with E-state index in [2.05, 4.69) is 15.9 Å². The minimum atomic E-state index is -3.16. The number of sulfone groups is 1. The van der Waals surface area contributed by atoms with Gasteiger partial charge in [-0.1, -0.05) is 15.9 Å². The van der Waals surface area contributed by atoms with Gasteiger partial charge in [0, 0.05) is 10.0 Å². The number of halogens is 2. The lowest BCUT2D eigenvalue weighted by Gasteiger charge is -2.19. The summed E-state index contributed by atoms with van der Waals surface area (Å²) < 4.78 is 29.6. The number of hydrogen-bond donors (Lipinski definition) is 0. The Balaban J connectivity index is 2.69. The topological polar surface area (TPSA) is 43.4 Å². The molecule has 3 nitrogen and oxygen atoms in total. The van der Waals surface area contributed by atoms with Gasteiger partial charge in [0.15, 0.2) is 9.84 Å². The maximum absolute atomic E-state index is 11.9. The molecule has 0 bridgehead atoms. The summed E-state index contributed by atoms with van der Waals surface area (Å²) in [6.07, 6.45) is 0.